The van der Waals surface area contributed by atoms with Gasteiger partial charge >= 0.3 is 0 Å². The summed E-state index contributed by atoms with van der Waals surface area (Å²) in [5.74, 6) is 1.44. The van der Waals surface area contributed by atoms with Crippen LogP contribution in [0.5, 0.6) is 11.5 Å². The van der Waals surface area contributed by atoms with Gasteiger partial charge in [0.1, 0.15) is 11.5 Å². The summed E-state index contributed by atoms with van der Waals surface area (Å²) in [5, 5.41) is 6.81. The fourth-order valence-electron chi connectivity index (χ4n) is 3.62. The first-order chi connectivity index (χ1) is 12.2. The molecule has 0 radical (unpaired) electrons. The summed E-state index contributed by atoms with van der Waals surface area (Å²) in [6, 6.07) is 8.84. The van der Waals surface area contributed by atoms with Crippen molar-refractivity contribution in [2.24, 2.45) is 11.3 Å². The minimum atomic E-state index is 0. The molecule has 1 aliphatic heterocycles. The van der Waals surface area contributed by atoms with Crippen LogP contribution in [0.2, 0.25) is 5.02 Å². The summed E-state index contributed by atoms with van der Waals surface area (Å²) in [6.45, 7) is 2.02. The zero-order valence-corrected chi connectivity index (χ0v) is 17.0. The van der Waals surface area contributed by atoms with E-state index in [9.17, 15) is 4.79 Å². The largest absolute Gasteiger partial charge is 0.456 e. The van der Waals surface area contributed by atoms with Gasteiger partial charge in [0.15, 0.2) is 0 Å². The summed E-state index contributed by atoms with van der Waals surface area (Å²) in [7, 11) is 0. The average Bonchev–Trinajstić information content (AvgIpc) is 3.32. The third-order valence-electron chi connectivity index (χ3n) is 5.18. The van der Waals surface area contributed by atoms with Crippen LogP contribution in [-0.2, 0) is 4.79 Å². The molecule has 8 heteroatoms. The van der Waals surface area contributed by atoms with E-state index in [1.54, 1.807) is 36.7 Å². The van der Waals surface area contributed by atoms with Crippen molar-refractivity contribution in [1.29, 1.82) is 0 Å². The van der Waals surface area contributed by atoms with Crippen LogP contribution in [0.25, 0.3) is 0 Å². The molecule has 0 bridgehead atoms. The molecule has 1 unspecified atom stereocenters. The molecular formula is C19H22Cl3N3O2. The summed E-state index contributed by atoms with van der Waals surface area (Å²) in [6.07, 6.45) is 6.49. The first-order valence-electron chi connectivity index (χ1n) is 8.55. The number of carbonyl (C=O) groups is 1. The number of benzene rings is 1. The van der Waals surface area contributed by atoms with Crippen molar-refractivity contribution in [3.8, 4) is 11.5 Å². The Morgan fingerprint density at radius 2 is 1.89 bits per heavy atom. The number of ether oxygens (including phenoxy) is 1. The monoisotopic (exact) mass is 429 g/mol. The number of nitrogens with zero attached hydrogens (tertiary/aromatic N) is 1. The third-order valence-corrected chi connectivity index (χ3v) is 5.48. The topological polar surface area (TPSA) is 63.2 Å². The Labute approximate surface area is 176 Å². The van der Waals surface area contributed by atoms with Crippen LogP contribution in [0.15, 0.2) is 42.7 Å². The van der Waals surface area contributed by atoms with E-state index >= 15 is 0 Å². The van der Waals surface area contributed by atoms with Gasteiger partial charge in [-0.15, -0.1) is 24.8 Å². The van der Waals surface area contributed by atoms with Crippen LogP contribution in [0.3, 0.4) is 0 Å². The molecule has 1 amide bonds. The molecule has 2 heterocycles. The number of piperidine rings is 1. The number of carbonyl (C=O) groups excluding carboxylic acids is 1. The maximum atomic E-state index is 12.5. The Hall–Kier alpha value is -1.53. The van der Waals surface area contributed by atoms with E-state index in [1.807, 2.05) is 6.07 Å². The lowest BCUT2D eigenvalue weighted by Gasteiger charge is -2.23. The highest BCUT2D eigenvalue weighted by atomic mass is 35.5. The molecule has 1 aliphatic carbocycles. The normalized spacial score (nSPS) is 19.4. The fourth-order valence-corrected chi connectivity index (χ4v) is 3.84. The highest BCUT2D eigenvalue weighted by Gasteiger charge is 2.57. The van der Waals surface area contributed by atoms with Crippen molar-refractivity contribution in [3.05, 3.63) is 47.7 Å². The van der Waals surface area contributed by atoms with Crippen LogP contribution < -0.4 is 15.4 Å². The Balaban J connectivity index is 0.00000131. The van der Waals surface area contributed by atoms with Gasteiger partial charge < -0.3 is 15.4 Å². The van der Waals surface area contributed by atoms with Gasteiger partial charge in [-0.1, -0.05) is 11.6 Å². The van der Waals surface area contributed by atoms with Gasteiger partial charge in [-0.25, -0.2) is 0 Å². The number of hydrogen-bond donors (Lipinski definition) is 2. The standard InChI is InChI=1S/C19H20ClN3O2.2ClH/c20-16-11-13(1-2-17(16)25-14-3-7-21-8-4-14)23-18(24)15-12-19(15)5-9-22-10-6-19;;/h1-4,7-8,11,15,22H,5-6,9-10,12H2,(H,23,24);2*1H. The van der Waals surface area contributed by atoms with E-state index in [0.29, 0.717) is 22.2 Å². The summed E-state index contributed by atoms with van der Waals surface area (Å²) < 4.78 is 5.73. The van der Waals surface area contributed by atoms with Crippen LogP contribution in [0.1, 0.15) is 19.3 Å². The molecule has 5 nitrogen and oxygen atoms in total. The minimum Gasteiger partial charge on any atom is -0.456 e. The average molecular weight is 431 g/mol. The first-order valence-corrected chi connectivity index (χ1v) is 8.93. The maximum absolute atomic E-state index is 12.5. The Morgan fingerprint density at radius 3 is 2.56 bits per heavy atom. The molecule has 2 aromatic rings. The number of hydrogen-bond acceptors (Lipinski definition) is 4. The predicted octanol–water partition coefficient (Wildman–Crippen LogP) is 4.70. The zero-order valence-electron chi connectivity index (χ0n) is 14.6. The van der Waals surface area contributed by atoms with E-state index in [0.717, 1.165) is 32.4 Å². The second kappa shape index (κ2) is 9.11. The third kappa shape index (κ3) is 4.85. The maximum Gasteiger partial charge on any atom is 0.228 e. The smallest absolute Gasteiger partial charge is 0.228 e. The highest BCUT2D eigenvalue weighted by molar-refractivity contribution is 6.32. The molecule has 1 saturated heterocycles. The van der Waals surface area contributed by atoms with Gasteiger partial charge in [0.25, 0.3) is 0 Å². The van der Waals surface area contributed by atoms with E-state index < -0.39 is 0 Å². The molecule has 1 aromatic heterocycles. The lowest BCUT2D eigenvalue weighted by molar-refractivity contribution is -0.118. The van der Waals surface area contributed by atoms with Crippen molar-refractivity contribution in [1.82, 2.24) is 10.3 Å². The quantitative estimate of drug-likeness (QED) is 0.738. The van der Waals surface area contributed by atoms with E-state index in [1.165, 1.54) is 0 Å². The van der Waals surface area contributed by atoms with Crippen molar-refractivity contribution in [2.75, 3.05) is 18.4 Å². The van der Waals surface area contributed by atoms with E-state index in [-0.39, 0.29) is 42.1 Å². The Kier molecular flexibility index (Phi) is 7.34. The number of anilines is 1. The van der Waals surface area contributed by atoms with Crippen molar-refractivity contribution in [3.63, 3.8) is 0 Å². The molecule has 1 saturated carbocycles. The molecule has 4 rings (SSSR count). The van der Waals surface area contributed by atoms with Crippen LogP contribution in [0, 0.1) is 11.3 Å². The Morgan fingerprint density at radius 1 is 1.19 bits per heavy atom. The van der Waals surface area contributed by atoms with Gasteiger partial charge in [0.2, 0.25) is 5.91 Å². The second-order valence-electron chi connectivity index (χ2n) is 6.79. The van der Waals surface area contributed by atoms with E-state index in [4.69, 9.17) is 16.3 Å². The van der Waals surface area contributed by atoms with Gasteiger partial charge in [0.05, 0.1) is 5.02 Å². The summed E-state index contributed by atoms with van der Waals surface area (Å²) >= 11 is 6.30. The summed E-state index contributed by atoms with van der Waals surface area (Å²) in [4.78, 5) is 16.5. The molecule has 2 aliphatic rings. The number of halogens is 3. The fraction of sp³-hybridized carbons (Fsp3) is 0.368. The second-order valence-corrected chi connectivity index (χ2v) is 7.20. The molecular weight excluding hydrogens is 409 g/mol. The van der Waals surface area contributed by atoms with Gasteiger partial charge in [-0.2, -0.15) is 0 Å². The number of aromatic nitrogens is 1. The molecule has 1 aromatic carbocycles. The lowest BCUT2D eigenvalue weighted by Crippen LogP contribution is -2.31. The van der Waals surface area contributed by atoms with Crippen LogP contribution in [0.4, 0.5) is 5.69 Å². The predicted molar refractivity (Wildman–Crippen MR) is 112 cm³/mol. The Bertz CT molecular complexity index is 783. The number of rotatable bonds is 4. The van der Waals surface area contributed by atoms with Crippen molar-refractivity contribution in [2.45, 2.75) is 19.3 Å². The molecule has 1 atom stereocenters. The number of amides is 1. The summed E-state index contributed by atoms with van der Waals surface area (Å²) in [5.41, 5.74) is 0.928. The molecule has 1 spiro atoms. The first kappa shape index (κ1) is 21.8. The van der Waals surface area contributed by atoms with Crippen LogP contribution in [-0.4, -0.2) is 24.0 Å². The number of pyridine rings is 1. The molecule has 27 heavy (non-hydrogen) atoms. The van der Waals surface area contributed by atoms with Gasteiger partial charge in [-0.05, 0) is 68.1 Å². The molecule has 2 N–H and O–H groups in total. The molecule has 146 valence electrons. The van der Waals surface area contributed by atoms with Crippen molar-refractivity contribution < 1.29 is 9.53 Å². The SMILES string of the molecule is Cl.Cl.O=C(Nc1ccc(Oc2ccncc2)c(Cl)c1)C1CC12CCNCC2. The van der Waals surface area contributed by atoms with Gasteiger partial charge in [0, 0.05) is 24.0 Å². The van der Waals surface area contributed by atoms with E-state index in [2.05, 4.69) is 15.6 Å². The van der Waals surface area contributed by atoms with Gasteiger partial charge in [-0.3, -0.25) is 9.78 Å². The lowest BCUT2D eigenvalue weighted by atomic mass is 9.92. The minimum absolute atomic E-state index is 0. The van der Waals surface area contributed by atoms with Crippen LogP contribution >= 0.6 is 36.4 Å². The van der Waals surface area contributed by atoms with Crippen molar-refractivity contribution >= 4 is 48.0 Å². The highest BCUT2D eigenvalue weighted by Crippen LogP contribution is 2.58. The number of nitrogens with one attached hydrogen (secondary N) is 2. The molecule has 2 fully saturated rings. The zero-order chi connectivity index (χ0) is 17.3.